The number of carboxylic acid groups (broad SMARTS) is 1. The number of rotatable bonds is 5. The van der Waals surface area contributed by atoms with E-state index >= 15 is 0 Å². The van der Waals surface area contributed by atoms with Crippen LogP contribution in [0.4, 0.5) is 0 Å². The van der Waals surface area contributed by atoms with Crippen LogP contribution >= 0.6 is 0 Å². The average Bonchev–Trinajstić information content (AvgIpc) is 2.04. The molecule has 0 bridgehead atoms. The second kappa shape index (κ2) is 6.17. The van der Waals surface area contributed by atoms with Crippen molar-refractivity contribution in [2.75, 3.05) is 0 Å². The van der Waals surface area contributed by atoms with Gasteiger partial charge in [-0.3, -0.25) is 9.59 Å². The molecule has 0 spiro atoms. The zero-order valence-corrected chi connectivity index (χ0v) is 7.86. The summed E-state index contributed by atoms with van der Waals surface area (Å²) in [5.74, 6) is -1.71. The van der Waals surface area contributed by atoms with Gasteiger partial charge in [-0.2, -0.15) is 0 Å². The Bertz CT molecular complexity index is 239. The van der Waals surface area contributed by atoms with Crippen LogP contribution in [-0.2, 0) is 9.59 Å². The van der Waals surface area contributed by atoms with Crippen LogP contribution in [0.2, 0.25) is 0 Å². The monoisotopic (exact) mass is 182 g/mol. The average molecular weight is 182 g/mol. The predicted octanol–water partition coefficient (Wildman–Crippen LogP) is 1.80. The number of ketones is 1. The fourth-order valence-electron chi connectivity index (χ4n) is 0.731. The molecule has 3 heteroatoms. The molecule has 1 unspecified atom stereocenters. The van der Waals surface area contributed by atoms with Gasteiger partial charge in [0, 0.05) is 6.42 Å². The molecule has 0 heterocycles. The Morgan fingerprint density at radius 2 is 2.00 bits per heavy atom. The topological polar surface area (TPSA) is 54.4 Å². The molecule has 0 saturated carbocycles. The highest BCUT2D eigenvalue weighted by molar-refractivity contribution is 5.92. The summed E-state index contributed by atoms with van der Waals surface area (Å²) in [5, 5.41) is 8.51. The Morgan fingerprint density at radius 1 is 1.38 bits per heavy atom. The molecule has 0 saturated heterocycles. The maximum atomic E-state index is 11.0. The van der Waals surface area contributed by atoms with Crippen LogP contribution in [0, 0.1) is 5.92 Å². The van der Waals surface area contributed by atoms with Crippen molar-refractivity contribution < 1.29 is 14.7 Å². The van der Waals surface area contributed by atoms with Crippen molar-refractivity contribution in [3.63, 3.8) is 0 Å². The molecule has 0 aliphatic carbocycles. The second-order valence-electron chi connectivity index (χ2n) is 2.79. The van der Waals surface area contributed by atoms with Gasteiger partial charge in [0.25, 0.3) is 0 Å². The van der Waals surface area contributed by atoms with Crippen molar-refractivity contribution in [2.45, 2.75) is 20.3 Å². The summed E-state index contributed by atoms with van der Waals surface area (Å²) in [6.45, 7) is 3.36. The minimum atomic E-state index is -0.937. The van der Waals surface area contributed by atoms with Gasteiger partial charge >= 0.3 is 5.97 Å². The molecule has 3 nitrogen and oxygen atoms in total. The molecule has 72 valence electrons. The number of carboxylic acids is 1. The van der Waals surface area contributed by atoms with E-state index in [1.165, 1.54) is 13.0 Å². The van der Waals surface area contributed by atoms with E-state index in [0.29, 0.717) is 0 Å². The number of carbonyl (C=O) groups excluding carboxylic acids is 1. The zero-order chi connectivity index (χ0) is 10.3. The van der Waals surface area contributed by atoms with Gasteiger partial charge in [-0.15, -0.1) is 0 Å². The van der Waals surface area contributed by atoms with Crippen LogP contribution in [0.5, 0.6) is 0 Å². The first-order valence-corrected chi connectivity index (χ1v) is 4.13. The number of allylic oxidation sites excluding steroid dienone is 4. The lowest BCUT2D eigenvalue weighted by atomic mass is 10.1. The largest absolute Gasteiger partial charge is 0.481 e. The van der Waals surface area contributed by atoms with E-state index in [1.54, 1.807) is 18.2 Å². The molecular weight excluding hydrogens is 168 g/mol. The fourth-order valence-corrected chi connectivity index (χ4v) is 0.731. The highest BCUT2D eigenvalue weighted by atomic mass is 16.4. The summed E-state index contributed by atoms with van der Waals surface area (Å²) < 4.78 is 0. The Labute approximate surface area is 77.8 Å². The summed E-state index contributed by atoms with van der Waals surface area (Å²) in [6.07, 6.45) is 6.58. The standard InChI is InChI=1S/C10H14O3/c1-3-4-5-6-9(11)7-8(2)10(12)13/h3-6,8H,7H2,1-2H3,(H,12,13)/b4-3+,6-5+. The van der Waals surface area contributed by atoms with Crippen LogP contribution in [-0.4, -0.2) is 16.9 Å². The normalized spacial score (nSPS) is 13.7. The highest BCUT2D eigenvalue weighted by Crippen LogP contribution is 2.02. The van der Waals surface area contributed by atoms with Crippen molar-refractivity contribution in [1.82, 2.24) is 0 Å². The van der Waals surface area contributed by atoms with E-state index in [4.69, 9.17) is 5.11 Å². The minimum Gasteiger partial charge on any atom is -0.481 e. The van der Waals surface area contributed by atoms with Gasteiger partial charge in [-0.1, -0.05) is 25.2 Å². The molecule has 0 aliphatic rings. The lowest BCUT2D eigenvalue weighted by Crippen LogP contribution is -2.13. The van der Waals surface area contributed by atoms with Crippen molar-refractivity contribution in [3.8, 4) is 0 Å². The van der Waals surface area contributed by atoms with Gasteiger partial charge in [-0.25, -0.2) is 0 Å². The van der Waals surface area contributed by atoms with Crippen molar-refractivity contribution >= 4 is 11.8 Å². The Balaban J connectivity index is 3.94. The number of aliphatic carboxylic acids is 1. The first kappa shape index (κ1) is 11.6. The molecule has 1 atom stereocenters. The lowest BCUT2D eigenvalue weighted by Gasteiger charge is -2.00. The molecule has 0 rings (SSSR count). The summed E-state index contributed by atoms with van der Waals surface area (Å²) in [4.78, 5) is 21.4. The lowest BCUT2D eigenvalue weighted by molar-refractivity contribution is -0.142. The van der Waals surface area contributed by atoms with Gasteiger partial charge < -0.3 is 5.11 Å². The Kier molecular flexibility index (Phi) is 5.52. The minimum absolute atomic E-state index is 0.0589. The van der Waals surface area contributed by atoms with E-state index < -0.39 is 11.9 Å². The Hall–Kier alpha value is -1.38. The van der Waals surface area contributed by atoms with Crippen LogP contribution in [0.15, 0.2) is 24.3 Å². The highest BCUT2D eigenvalue weighted by Gasteiger charge is 2.13. The van der Waals surface area contributed by atoms with E-state index in [2.05, 4.69) is 0 Å². The van der Waals surface area contributed by atoms with Crippen LogP contribution in [0.3, 0.4) is 0 Å². The van der Waals surface area contributed by atoms with E-state index in [9.17, 15) is 9.59 Å². The van der Waals surface area contributed by atoms with E-state index in [0.717, 1.165) is 0 Å². The first-order chi connectivity index (χ1) is 6.07. The molecule has 1 N–H and O–H groups in total. The molecule has 0 aromatic rings. The molecule has 0 amide bonds. The van der Waals surface area contributed by atoms with Crippen molar-refractivity contribution in [1.29, 1.82) is 0 Å². The van der Waals surface area contributed by atoms with Crippen LogP contribution in [0.1, 0.15) is 20.3 Å². The molecule has 0 radical (unpaired) electrons. The second-order valence-corrected chi connectivity index (χ2v) is 2.79. The summed E-state index contributed by atoms with van der Waals surface area (Å²) in [7, 11) is 0. The number of carbonyl (C=O) groups is 2. The van der Waals surface area contributed by atoms with Gasteiger partial charge in [0.15, 0.2) is 5.78 Å². The van der Waals surface area contributed by atoms with Gasteiger partial charge in [0.05, 0.1) is 5.92 Å². The Morgan fingerprint density at radius 3 is 2.46 bits per heavy atom. The third kappa shape index (κ3) is 5.84. The molecule has 0 aromatic heterocycles. The van der Waals surface area contributed by atoms with E-state index in [-0.39, 0.29) is 12.2 Å². The van der Waals surface area contributed by atoms with Gasteiger partial charge in [0.1, 0.15) is 0 Å². The van der Waals surface area contributed by atoms with Gasteiger partial charge in [0.2, 0.25) is 0 Å². The third-order valence-electron chi connectivity index (χ3n) is 1.51. The van der Waals surface area contributed by atoms with Crippen molar-refractivity contribution in [2.24, 2.45) is 5.92 Å². The maximum Gasteiger partial charge on any atom is 0.306 e. The number of hydrogen-bond donors (Lipinski definition) is 1. The van der Waals surface area contributed by atoms with E-state index in [1.807, 2.05) is 6.92 Å². The molecule has 13 heavy (non-hydrogen) atoms. The summed E-state index contributed by atoms with van der Waals surface area (Å²) >= 11 is 0. The first-order valence-electron chi connectivity index (χ1n) is 4.13. The maximum absolute atomic E-state index is 11.0. The number of hydrogen-bond acceptors (Lipinski definition) is 2. The molecule has 0 aliphatic heterocycles. The van der Waals surface area contributed by atoms with Crippen molar-refractivity contribution in [3.05, 3.63) is 24.3 Å². The third-order valence-corrected chi connectivity index (χ3v) is 1.51. The quantitative estimate of drug-likeness (QED) is 0.521. The fraction of sp³-hybridized carbons (Fsp3) is 0.400. The smallest absolute Gasteiger partial charge is 0.306 e. The van der Waals surface area contributed by atoms with Crippen LogP contribution in [0.25, 0.3) is 0 Å². The molecular formula is C10H14O3. The SMILES string of the molecule is C/C=C/C=C/C(=O)CC(C)C(=O)O. The van der Waals surface area contributed by atoms with Crippen LogP contribution < -0.4 is 0 Å². The predicted molar refractivity (Wildman–Crippen MR) is 50.4 cm³/mol. The molecule has 0 aromatic carbocycles. The molecule has 0 fully saturated rings. The summed E-state index contributed by atoms with van der Waals surface area (Å²) in [6, 6.07) is 0. The summed E-state index contributed by atoms with van der Waals surface area (Å²) in [5.41, 5.74) is 0. The zero-order valence-electron chi connectivity index (χ0n) is 7.86. The van der Waals surface area contributed by atoms with Gasteiger partial charge in [-0.05, 0) is 13.0 Å².